The predicted molar refractivity (Wildman–Crippen MR) is 120 cm³/mol. The van der Waals surface area contributed by atoms with E-state index in [4.69, 9.17) is 5.14 Å². The first-order chi connectivity index (χ1) is 15.6. The van der Waals surface area contributed by atoms with Crippen LogP contribution >= 0.6 is 0 Å². The minimum atomic E-state index is -4.35. The Labute approximate surface area is 190 Å². The van der Waals surface area contributed by atoms with E-state index in [-0.39, 0.29) is 4.90 Å². The lowest BCUT2D eigenvalue weighted by Crippen LogP contribution is -2.46. The first-order valence-corrected chi connectivity index (χ1v) is 11.9. The Balaban J connectivity index is 1.40. The molecule has 2 aromatic carbocycles. The third-order valence-corrected chi connectivity index (χ3v) is 6.58. The van der Waals surface area contributed by atoms with Gasteiger partial charge in [-0.1, -0.05) is 36.4 Å². The number of alkyl halides is 3. The molecule has 0 aliphatic carbocycles. The van der Waals surface area contributed by atoms with Crippen LogP contribution in [0.15, 0.2) is 71.8 Å². The van der Waals surface area contributed by atoms with Gasteiger partial charge in [0.15, 0.2) is 0 Å². The van der Waals surface area contributed by atoms with Gasteiger partial charge in [-0.2, -0.15) is 13.2 Å². The zero-order valence-corrected chi connectivity index (χ0v) is 18.5. The molecule has 1 aromatic heterocycles. The molecule has 6 nitrogen and oxygen atoms in total. The van der Waals surface area contributed by atoms with E-state index >= 15 is 0 Å². The third-order valence-electron chi connectivity index (χ3n) is 5.61. The number of halogens is 3. The van der Waals surface area contributed by atoms with Gasteiger partial charge in [-0.3, -0.25) is 4.90 Å². The van der Waals surface area contributed by atoms with E-state index in [2.05, 4.69) is 14.8 Å². The minimum Gasteiger partial charge on any atom is -0.354 e. The standard InChI is InChI=1S/C23H23F3N4O2S/c24-23(25,26)19-5-3-4-17(14-19)16-29-10-12-30(13-11-29)22-9-8-18(15-28-22)20-6-1-2-7-21(20)33(27,31)32/h1-9,14-15H,10-13,16H2,(H2,27,31,32). The highest BCUT2D eigenvalue weighted by Crippen LogP contribution is 2.30. The Morgan fingerprint density at radius 2 is 1.67 bits per heavy atom. The van der Waals surface area contributed by atoms with Crippen LogP contribution in [0.25, 0.3) is 11.1 Å². The zero-order chi connectivity index (χ0) is 23.6. The normalized spacial score (nSPS) is 15.6. The van der Waals surface area contributed by atoms with Crippen molar-refractivity contribution in [1.29, 1.82) is 0 Å². The molecule has 1 saturated heterocycles. The molecular formula is C23H23F3N4O2S. The molecule has 0 atom stereocenters. The summed E-state index contributed by atoms with van der Waals surface area (Å²) in [7, 11) is -3.86. The van der Waals surface area contributed by atoms with Crippen LogP contribution in [0, 0.1) is 0 Å². The van der Waals surface area contributed by atoms with E-state index in [0.717, 1.165) is 11.9 Å². The van der Waals surface area contributed by atoms with E-state index in [1.807, 2.05) is 6.07 Å². The summed E-state index contributed by atoms with van der Waals surface area (Å²) in [5.74, 6) is 0.755. The Bertz CT molecular complexity index is 1220. The topological polar surface area (TPSA) is 79.5 Å². The summed E-state index contributed by atoms with van der Waals surface area (Å²) in [6.45, 7) is 3.19. The fraction of sp³-hybridized carbons (Fsp3) is 0.261. The number of rotatable bonds is 5. The Morgan fingerprint density at radius 1 is 0.939 bits per heavy atom. The SMILES string of the molecule is NS(=O)(=O)c1ccccc1-c1ccc(N2CCN(Cc3cccc(C(F)(F)F)c3)CC2)nc1. The fourth-order valence-electron chi connectivity index (χ4n) is 3.92. The molecule has 1 fully saturated rings. The quantitative estimate of drug-likeness (QED) is 0.607. The molecule has 174 valence electrons. The summed E-state index contributed by atoms with van der Waals surface area (Å²) < 4.78 is 62.5. The molecule has 0 bridgehead atoms. The van der Waals surface area contributed by atoms with Gasteiger partial charge in [-0.15, -0.1) is 0 Å². The van der Waals surface area contributed by atoms with Crippen LogP contribution in [-0.2, 0) is 22.7 Å². The number of piperazine rings is 1. The van der Waals surface area contributed by atoms with Crippen molar-refractivity contribution in [2.24, 2.45) is 5.14 Å². The van der Waals surface area contributed by atoms with Crippen molar-refractivity contribution in [1.82, 2.24) is 9.88 Å². The van der Waals surface area contributed by atoms with Crippen molar-refractivity contribution < 1.29 is 21.6 Å². The highest BCUT2D eigenvalue weighted by Gasteiger charge is 2.30. The maximum atomic E-state index is 12.9. The highest BCUT2D eigenvalue weighted by molar-refractivity contribution is 7.89. The monoisotopic (exact) mass is 476 g/mol. The van der Waals surface area contributed by atoms with E-state index < -0.39 is 21.8 Å². The molecule has 4 rings (SSSR count). The van der Waals surface area contributed by atoms with E-state index in [9.17, 15) is 21.6 Å². The van der Waals surface area contributed by atoms with Gasteiger partial charge in [0.2, 0.25) is 10.0 Å². The van der Waals surface area contributed by atoms with E-state index in [1.165, 1.54) is 18.2 Å². The Kier molecular flexibility index (Phi) is 6.42. The Hall–Kier alpha value is -2.95. The number of nitrogens with two attached hydrogens (primary N) is 1. The summed E-state index contributed by atoms with van der Waals surface area (Å²) in [6, 6.07) is 15.6. The van der Waals surface area contributed by atoms with Gasteiger partial charge >= 0.3 is 6.18 Å². The summed E-state index contributed by atoms with van der Waals surface area (Å²) in [6.07, 6.45) is -2.73. The number of primary sulfonamides is 1. The molecule has 10 heteroatoms. The molecule has 1 aliphatic rings. The smallest absolute Gasteiger partial charge is 0.354 e. The van der Waals surface area contributed by atoms with Crippen molar-refractivity contribution in [2.45, 2.75) is 17.6 Å². The molecule has 0 amide bonds. The van der Waals surface area contributed by atoms with Gasteiger partial charge < -0.3 is 4.90 Å². The van der Waals surface area contributed by atoms with Gasteiger partial charge in [0.25, 0.3) is 0 Å². The lowest BCUT2D eigenvalue weighted by molar-refractivity contribution is -0.137. The number of hydrogen-bond donors (Lipinski definition) is 1. The predicted octanol–water partition coefficient (Wildman–Crippen LogP) is 3.74. The average Bonchev–Trinajstić information content (AvgIpc) is 2.79. The van der Waals surface area contributed by atoms with Gasteiger partial charge in [0.05, 0.1) is 10.5 Å². The maximum absolute atomic E-state index is 12.9. The molecule has 33 heavy (non-hydrogen) atoms. The van der Waals surface area contributed by atoms with E-state index in [0.29, 0.717) is 49.4 Å². The van der Waals surface area contributed by atoms with Crippen molar-refractivity contribution >= 4 is 15.8 Å². The van der Waals surface area contributed by atoms with Crippen molar-refractivity contribution in [2.75, 3.05) is 31.1 Å². The van der Waals surface area contributed by atoms with Crippen molar-refractivity contribution in [3.8, 4) is 11.1 Å². The van der Waals surface area contributed by atoms with Gasteiger partial charge in [-0.25, -0.2) is 18.5 Å². The van der Waals surface area contributed by atoms with Crippen LogP contribution in [0.5, 0.6) is 0 Å². The largest absolute Gasteiger partial charge is 0.416 e. The second-order valence-corrected chi connectivity index (χ2v) is 9.44. The number of hydrogen-bond acceptors (Lipinski definition) is 5. The minimum absolute atomic E-state index is 0.0442. The first kappa shape index (κ1) is 23.2. The van der Waals surface area contributed by atoms with Crippen LogP contribution in [0.3, 0.4) is 0 Å². The fourth-order valence-corrected chi connectivity index (χ4v) is 4.69. The van der Waals surface area contributed by atoms with Crippen LogP contribution in [0.4, 0.5) is 19.0 Å². The van der Waals surface area contributed by atoms with Gasteiger partial charge in [0.1, 0.15) is 5.82 Å². The summed E-state index contributed by atoms with van der Waals surface area (Å²) >= 11 is 0. The molecule has 0 radical (unpaired) electrons. The van der Waals surface area contributed by atoms with Crippen LogP contribution < -0.4 is 10.0 Å². The number of benzene rings is 2. The molecule has 2 N–H and O–H groups in total. The Morgan fingerprint density at radius 3 is 2.30 bits per heavy atom. The van der Waals surface area contributed by atoms with Crippen LogP contribution in [-0.4, -0.2) is 44.5 Å². The van der Waals surface area contributed by atoms with Crippen LogP contribution in [0.2, 0.25) is 0 Å². The lowest BCUT2D eigenvalue weighted by atomic mass is 10.1. The molecular weight excluding hydrogens is 453 g/mol. The summed E-state index contributed by atoms with van der Waals surface area (Å²) in [5.41, 5.74) is 1.14. The first-order valence-electron chi connectivity index (χ1n) is 10.3. The zero-order valence-electron chi connectivity index (χ0n) is 17.7. The summed E-state index contributed by atoms with van der Waals surface area (Å²) in [4.78, 5) is 8.75. The van der Waals surface area contributed by atoms with Crippen molar-refractivity contribution in [3.05, 3.63) is 78.0 Å². The lowest BCUT2D eigenvalue weighted by Gasteiger charge is -2.35. The molecule has 0 saturated carbocycles. The summed E-state index contributed by atoms with van der Waals surface area (Å²) in [5, 5.41) is 5.32. The number of pyridine rings is 1. The number of anilines is 1. The molecule has 2 heterocycles. The second-order valence-electron chi connectivity index (χ2n) is 7.91. The number of nitrogens with zero attached hydrogens (tertiary/aromatic N) is 3. The molecule has 3 aromatic rings. The highest BCUT2D eigenvalue weighted by atomic mass is 32.2. The number of aromatic nitrogens is 1. The molecule has 1 aliphatic heterocycles. The van der Waals surface area contributed by atoms with Gasteiger partial charge in [0, 0.05) is 50.0 Å². The molecule has 0 unspecified atom stereocenters. The molecule has 0 spiro atoms. The number of sulfonamides is 1. The second kappa shape index (κ2) is 9.12. The van der Waals surface area contributed by atoms with E-state index in [1.54, 1.807) is 36.5 Å². The maximum Gasteiger partial charge on any atom is 0.416 e. The van der Waals surface area contributed by atoms with Gasteiger partial charge in [-0.05, 0) is 29.8 Å². The third kappa shape index (κ3) is 5.52. The van der Waals surface area contributed by atoms with Crippen molar-refractivity contribution in [3.63, 3.8) is 0 Å². The average molecular weight is 477 g/mol. The van der Waals surface area contributed by atoms with Crippen LogP contribution in [0.1, 0.15) is 11.1 Å².